The normalized spacial score (nSPS) is 10.9. The minimum absolute atomic E-state index is 0.0827. The molecular weight excluding hydrogens is 370 g/mol. The van der Waals surface area contributed by atoms with E-state index >= 15 is 0 Å². The number of carboxylic acids is 1. The van der Waals surface area contributed by atoms with Crippen LogP contribution in [0.3, 0.4) is 0 Å². The third kappa shape index (κ3) is 4.04. The van der Waals surface area contributed by atoms with Gasteiger partial charge in [-0.2, -0.15) is 5.10 Å². The average molecular weight is 384 g/mol. The Kier molecular flexibility index (Phi) is 5.33. The zero-order valence-corrected chi connectivity index (χ0v) is 14.9. The van der Waals surface area contributed by atoms with Gasteiger partial charge in [0.15, 0.2) is 0 Å². The van der Waals surface area contributed by atoms with Crippen molar-refractivity contribution < 1.29 is 19.1 Å². The molecule has 0 unspecified atom stereocenters. The fraction of sp³-hybridized carbons (Fsp3) is 0.0526. The number of hydrogen-bond donors (Lipinski definition) is 2. The maximum absolute atomic E-state index is 12.0. The number of carbonyl (C=O) groups excluding carboxylic acids is 1. The van der Waals surface area contributed by atoms with Crippen LogP contribution < -0.4 is 5.43 Å². The summed E-state index contributed by atoms with van der Waals surface area (Å²) in [6, 6.07) is 11.4. The summed E-state index contributed by atoms with van der Waals surface area (Å²) in [4.78, 5) is 27.1. The molecule has 2 heterocycles. The Morgan fingerprint density at radius 2 is 1.96 bits per heavy atom. The van der Waals surface area contributed by atoms with Crippen LogP contribution in [0.25, 0.3) is 11.3 Å². The van der Waals surface area contributed by atoms with Gasteiger partial charge in [-0.25, -0.2) is 15.2 Å². The van der Waals surface area contributed by atoms with Crippen molar-refractivity contribution in [3.05, 3.63) is 76.3 Å². The van der Waals surface area contributed by atoms with Crippen LogP contribution in [0, 0.1) is 6.92 Å². The van der Waals surface area contributed by atoms with Crippen molar-refractivity contribution in [2.45, 2.75) is 6.92 Å². The maximum atomic E-state index is 12.0. The number of carboxylic acid groups (broad SMARTS) is 1. The minimum atomic E-state index is -1.00. The van der Waals surface area contributed by atoms with Crippen LogP contribution in [-0.2, 0) is 0 Å². The molecule has 0 radical (unpaired) electrons. The molecule has 136 valence electrons. The van der Waals surface area contributed by atoms with Crippen LogP contribution in [0.1, 0.15) is 32.0 Å². The smallest absolute Gasteiger partial charge is 0.335 e. The molecule has 0 saturated heterocycles. The highest BCUT2D eigenvalue weighted by Gasteiger charge is 2.14. The second-order valence-electron chi connectivity index (χ2n) is 5.53. The third-order valence-corrected chi connectivity index (χ3v) is 4.12. The van der Waals surface area contributed by atoms with Gasteiger partial charge in [0.25, 0.3) is 5.91 Å². The number of hydrazone groups is 1. The molecule has 0 aliphatic carbocycles. The van der Waals surface area contributed by atoms with E-state index < -0.39 is 11.9 Å². The Morgan fingerprint density at radius 1 is 1.19 bits per heavy atom. The van der Waals surface area contributed by atoms with Crippen LogP contribution in [0.4, 0.5) is 0 Å². The molecule has 2 N–H and O–H groups in total. The number of carbonyl (C=O) groups is 2. The van der Waals surface area contributed by atoms with Gasteiger partial charge in [0.1, 0.15) is 16.7 Å². The first-order chi connectivity index (χ1) is 13.0. The predicted molar refractivity (Wildman–Crippen MR) is 100 cm³/mol. The van der Waals surface area contributed by atoms with Gasteiger partial charge in [0.05, 0.1) is 17.3 Å². The molecule has 0 spiro atoms. The highest BCUT2D eigenvalue weighted by Crippen LogP contribution is 2.27. The standard InChI is InChI=1S/C19H14ClN3O4/c1-11-13(4-2-5-14(11)19(25)26)16-8-7-12(27-16)10-22-23-18(24)15-6-3-9-21-17(15)20/h2-10H,1H3,(H,23,24)(H,25,26). The summed E-state index contributed by atoms with van der Waals surface area (Å²) < 4.78 is 5.66. The number of aromatic carboxylic acids is 1. The summed E-state index contributed by atoms with van der Waals surface area (Å²) >= 11 is 5.85. The van der Waals surface area contributed by atoms with Crippen molar-refractivity contribution in [1.82, 2.24) is 10.4 Å². The lowest BCUT2D eigenvalue weighted by Crippen LogP contribution is -2.18. The van der Waals surface area contributed by atoms with Gasteiger partial charge in [0, 0.05) is 11.8 Å². The van der Waals surface area contributed by atoms with Crippen LogP contribution in [-0.4, -0.2) is 28.2 Å². The second kappa shape index (κ2) is 7.84. The van der Waals surface area contributed by atoms with E-state index in [1.165, 1.54) is 24.5 Å². The molecule has 0 aliphatic rings. The van der Waals surface area contributed by atoms with Crippen LogP contribution in [0.2, 0.25) is 5.15 Å². The first-order valence-corrected chi connectivity index (χ1v) is 8.22. The lowest BCUT2D eigenvalue weighted by Gasteiger charge is -2.05. The molecule has 3 rings (SSSR count). The highest BCUT2D eigenvalue weighted by molar-refractivity contribution is 6.32. The molecule has 27 heavy (non-hydrogen) atoms. The summed E-state index contributed by atoms with van der Waals surface area (Å²) in [5, 5.41) is 13.1. The molecule has 2 aromatic heterocycles. The fourth-order valence-electron chi connectivity index (χ4n) is 2.47. The number of rotatable bonds is 5. The monoisotopic (exact) mass is 383 g/mol. The summed E-state index contributed by atoms with van der Waals surface area (Å²) in [5.41, 5.74) is 4.02. The number of amides is 1. The van der Waals surface area contributed by atoms with E-state index in [9.17, 15) is 14.7 Å². The van der Waals surface area contributed by atoms with Crippen molar-refractivity contribution in [2.24, 2.45) is 5.10 Å². The van der Waals surface area contributed by atoms with Gasteiger partial charge in [-0.15, -0.1) is 0 Å². The van der Waals surface area contributed by atoms with Crippen molar-refractivity contribution >= 4 is 29.7 Å². The summed E-state index contributed by atoms with van der Waals surface area (Å²) in [5.74, 6) is -0.609. The van der Waals surface area contributed by atoms with Crippen LogP contribution in [0.15, 0.2) is 58.2 Å². The van der Waals surface area contributed by atoms with E-state index in [-0.39, 0.29) is 16.3 Å². The summed E-state index contributed by atoms with van der Waals surface area (Å²) in [6.45, 7) is 1.72. The maximum Gasteiger partial charge on any atom is 0.335 e. The number of nitrogens with one attached hydrogen (secondary N) is 1. The Morgan fingerprint density at radius 3 is 2.70 bits per heavy atom. The Hall–Kier alpha value is -3.45. The molecule has 3 aromatic rings. The second-order valence-corrected chi connectivity index (χ2v) is 5.88. The van der Waals surface area contributed by atoms with Gasteiger partial charge in [0.2, 0.25) is 0 Å². The van der Waals surface area contributed by atoms with Crippen molar-refractivity contribution in [2.75, 3.05) is 0 Å². The zero-order chi connectivity index (χ0) is 19.4. The lowest BCUT2D eigenvalue weighted by atomic mass is 10.0. The molecule has 0 fully saturated rings. The molecule has 0 bridgehead atoms. The zero-order valence-electron chi connectivity index (χ0n) is 14.1. The van der Waals surface area contributed by atoms with Crippen molar-refractivity contribution in [3.8, 4) is 11.3 Å². The summed E-state index contributed by atoms with van der Waals surface area (Å²) in [6.07, 6.45) is 2.82. The fourth-order valence-corrected chi connectivity index (χ4v) is 2.68. The lowest BCUT2D eigenvalue weighted by molar-refractivity contribution is 0.0696. The van der Waals surface area contributed by atoms with E-state index in [1.54, 1.807) is 37.3 Å². The molecule has 8 heteroatoms. The van der Waals surface area contributed by atoms with Crippen molar-refractivity contribution in [1.29, 1.82) is 0 Å². The average Bonchev–Trinajstić information content (AvgIpc) is 3.10. The largest absolute Gasteiger partial charge is 0.478 e. The number of nitrogens with zero attached hydrogens (tertiary/aromatic N) is 2. The summed E-state index contributed by atoms with van der Waals surface area (Å²) in [7, 11) is 0. The van der Waals surface area contributed by atoms with E-state index in [2.05, 4.69) is 15.5 Å². The number of hydrogen-bond acceptors (Lipinski definition) is 5. The molecule has 0 aliphatic heterocycles. The quantitative estimate of drug-likeness (QED) is 0.396. The first kappa shape index (κ1) is 18.3. The SMILES string of the molecule is Cc1c(C(=O)O)cccc1-c1ccc(C=NNC(=O)c2cccnc2Cl)o1. The number of halogens is 1. The Bertz CT molecular complexity index is 1040. The van der Waals surface area contributed by atoms with E-state index in [0.29, 0.717) is 22.6 Å². The first-order valence-electron chi connectivity index (χ1n) is 7.84. The number of benzene rings is 1. The Balaban J connectivity index is 1.74. The van der Waals surface area contributed by atoms with E-state index in [4.69, 9.17) is 16.0 Å². The van der Waals surface area contributed by atoms with Gasteiger partial charge >= 0.3 is 5.97 Å². The molecule has 0 saturated carbocycles. The molecule has 1 amide bonds. The van der Waals surface area contributed by atoms with Crippen LogP contribution in [0.5, 0.6) is 0 Å². The van der Waals surface area contributed by atoms with Gasteiger partial charge in [-0.05, 0) is 42.8 Å². The third-order valence-electron chi connectivity index (χ3n) is 3.82. The Labute approximate surface area is 159 Å². The number of pyridine rings is 1. The van der Waals surface area contributed by atoms with Crippen LogP contribution >= 0.6 is 11.6 Å². The van der Waals surface area contributed by atoms with Gasteiger partial charge in [-0.3, -0.25) is 4.79 Å². The number of furan rings is 1. The topological polar surface area (TPSA) is 105 Å². The number of aromatic nitrogens is 1. The molecular formula is C19H14ClN3O4. The molecule has 1 aromatic carbocycles. The van der Waals surface area contributed by atoms with E-state index in [0.717, 1.165) is 0 Å². The predicted octanol–water partition coefficient (Wildman–Crippen LogP) is 3.77. The molecule has 7 nitrogen and oxygen atoms in total. The van der Waals surface area contributed by atoms with Gasteiger partial charge in [-0.1, -0.05) is 23.7 Å². The minimum Gasteiger partial charge on any atom is -0.478 e. The molecule has 0 atom stereocenters. The van der Waals surface area contributed by atoms with Crippen molar-refractivity contribution in [3.63, 3.8) is 0 Å². The van der Waals surface area contributed by atoms with Gasteiger partial charge < -0.3 is 9.52 Å². The van der Waals surface area contributed by atoms with E-state index in [1.807, 2.05) is 0 Å². The highest BCUT2D eigenvalue weighted by atomic mass is 35.5.